The van der Waals surface area contributed by atoms with Crippen molar-refractivity contribution in [1.82, 2.24) is 4.90 Å². The lowest BCUT2D eigenvalue weighted by atomic mass is 10.1. The molecule has 0 aliphatic carbocycles. The van der Waals surface area contributed by atoms with Gasteiger partial charge in [-0.15, -0.1) is 25.0 Å². The van der Waals surface area contributed by atoms with Crippen molar-refractivity contribution in [1.29, 1.82) is 0 Å². The van der Waals surface area contributed by atoms with Crippen LogP contribution in [0.5, 0.6) is 0 Å². The van der Waals surface area contributed by atoms with E-state index in [9.17, 15) is 0 Å². The molecule has 0 atom stereocenters. The average Bonchev–Trinajstić information content (AvgIpc) is 2.41. The fourth-order valence-corrected chi connectivity index (χ4v) is 2.24. The van der Waals surface area contributed by atoms with Gasteiger partial charge in [0, 0.05) is 20.1 Å². The van der Waals surface area contributed by atoms with E-state index in [1.165, 1.54) is 57.8 Å². The van der Waals surface area contributed by atoms with Crippen molar-refractivity contribution in [3.05, 3.63) is 0 Å². The highest BCUT2D eigenvalue weighted by Gasteiger charge is 2.00. The van der Waals surface area contributed by atoms with Crippen LogP contribution in [0.3, 0.4) is 0 Å². The molecule has 0 aromatic heterocycles. The quantitative estimate of drug-likeness (QED) is 0.215. The summed E-state index contributed by atoms with van der Waals surface area (Å²) in [5, 5.41) is 0.899. The maximum absolute atomic E-state index is 4.47. The molecule has 20 heavy (non-hydrogen) atoms. The topological polar surface area (TPSA) is 15.6 Å². The summed E-state index contributed by atoms with van der Waals surface area (Å²) in [7, 11) is 2.10. The Morgan fingerprint density at radius 1 is 0.850 bits per heavy atom. The first-order valence-corrected chi connectivity index (χ1v) is 8.61. The zero-order chi connectivity index (χ0) is 14.3. The van der Waals surface area contributed by atoms with Gasteiger partial charge in [0.2, 0.25) is 0 Å². The Morgan fingerprint density at radius 3 is 1.90 bits per heavy atom. The number of hydrogen-bond donors (Lipinski definition) is 1. The highest BCUT2D eigenvalue weighted by molar-refractivity contribution is 7.96. The van der Waals surface area contributed by atoms with Crippen LogP contribution in [0.1, 0.15) is 78.1 Å². The van der Waals surface area contributed by atoms with Crippen LogP contribution in [0.2, 0.25) is 0 Å². The summed E-state index contributed by atoms with van der Waals surface area (Å²) in [6, 6.07) is 0. The number of amidine groups is 1. The normalized spacial score (nSPS) is 11.3. The number of aliphatic imine (C=N–C) groups is 1. The Kier molecular flexibility index (Phi) is 19.2. The van der Waals surface area contributed by atoms with E-state index in [0.29, 0.717) is 0 Å². The van der Waals surface area contributed by atoms with Gasteiger partial charge in [-0.3, -0.25) is 4.99 Å². The number of nitrogens with zero attached hydrogens (tertiary/aromatic N) is 2. The second kappa shape index (κ2) is 17.2. The number of unbranched alkanes of at least 4 members (excludes halogenated alkanes) is 8. The predicted molar refractivity (Wildman–Crippen MR) is 98.7 cm³/mol. The Bertz CT molecular complexity index is 223. The third-order valence-corrected chi connectivity index (χ3v) is 3.94. The second-order valence-corrected chi connectivity index (χ2v) is 5.83. The van der Waals surface area contributed by atoms with Crippen LogP contribution in [0.4, 0.5) is 0 Å². The fourth-order valence-electron chi connectivity index (χ4n) is 2.04. The molecule has 0 fully saturated rings. The standard InChI is InChI=1S/C16H34N2S.ClH/c1-4-6-8-9-10-11-12-13-15-18(3)16(19)17-14-7-5-2;/h4-15H2,1-3H3,(H,17,19);1H. The van der Waals surface area contributed by atoms with Gasteiger partial charge in [0.05, 0.1) is 0 Å². The molecule has 0 aliphatic heterocycles. The summed E-state index contributed by atoms with van der Waals surface area (Å²) in [5.74, 6) is 0. The lowest BCUT2D eigenvalue weighted by molar-refractivity contribution is 0.470. The second-order valence-electron chi connectivity index (χ2n) is 5.43. The van der Waals surface area contributed by atoms with Crippen LogP contribution in [-0.4, -0.2) is 30.2 Å². The molecule has 0 aliphatic rings. The molecule has 0 bridgehead atoms. The van der Waals surface area contributed by atoms with E-state index in [-0.39, 0.29) is 12.4 Å². The summed E-state index contributed by atoms with van der Waals surface area (Å²) in [6.07, 6.45) is 13.3. The number of rotatable bonds is 12. The van der Waals surface area contributed by atoms with E-state index in [0.717, 1.165) is 24.7 Å². The summed E-state index contributed by atoms with van der Waals surface area (Å²) < 4.78 is 0. The van der Waals surface area contributed by atoms with E-state index in [1.807, 2.05) is 0 Å². The minimum absolute atomic E-state index is 0. The van der Waals surface area contributed by atoms with Gasteiger partial charge in [0.1, 0.15) is 0 Å². The van der Waals surface area contributed by atoms with Gasteiger partial charge in [-0.25, -0.2) is 0 Å². The van der Waals surface area contributed by atoms with Crippen molar-refractivity contribution in [2.75, 3.05) is 20.1 Å². The van der Waals surface area contributed by atoms with Gasteiger partial charge in [-0.2, -0.15) is 0 Å². The van der Waals surface area contributed by atoms with Crippen molar-refractivity contribution in [3.8, 4) is 0 Å². The van der Waals surface area contributed by atoms with Gasteiger partial charge >= 0.3 is 0 Å². The first-order valence-electron chi connectivity index (χ1n) is 8.16. The minimum Gasteiger partial charge on any atom is -0.355 e. The van der Waals surface area contributed by atoms with Crippen LogP contribution < -0.4 is 0 Å². The van der Waals surface area contributed by atoms with E-state index >= 15 is 0 Å². The van der Waals surface area contributed by atoms with Crippen LogP contribution in [0.15, 0.2) is 4.99 Å². The van der Waals surface area contributed by atoms with Crippen molar-refractivity contribution in [3.63, 3.8) is 0 Å². The van der Waals surface area contributed by atoms with E-state index < -0.39 is 0 Å². The number of hydrogen-bond acceptors (Lipinski definition) is 1. The summed E-state index contributed by atoms with van der Waals surface area (Å²) >= 11 is 4.46. The molecule has 0 rings (SSSR count). The maximum Gasteiger partial charge on any atom is 0.155 e. The van der Waals surface area contributed by atoms with E-state index in [2.05, 4.69) is 43.4 Å². The zero-order valence-corrected chi connectivity index (χ0v) is 15.4. The van der Waals surface area contributed by atoms with Crippen molar-refractivity contribution in [2.45, 2.75) is 78.1 Å². The highest BCUT2D eigenvalue weighted by atomic mass is 35.5. The lowest BCUT2D eigenvalue weighted by Gasteiger charge is -2.17. The first-order chi connectivity index (χ1) is 9.22. The monoisotopic (exact) mass is 322 g/mol. The Morgan fingerprint density at radius 2 is 1.35 bits per heavy atom. The molecule has 0 unspecified atom stereocenters. The molecular formula is C16H35ClN2S. The predicted octanol–water partition coefficient (Wildman–Crippen LogP) is 5.57. The van der Waals surface area contributed by atoms with Gasteiger partial charge < -0.3 is 4.90 Å². The molecular weight excluding hydrogens is 288 g/mol. The van der Waals surface area contributed by atoms with Gasteiger partial charge in [0.15, 0.2) is 5.17 Å². The number of halogens is 1. The largest absolute Gasteiger partial charge is 0.355 e. The summed E-state index contributed by atoms with van der Waals surface area (Å²) in [5.41, 5.74) is 0. The molecule has 0 amide bonds. The van der Waals surface area contributed by atoms with Crippen molar-refractivity contribution in [2.24, 2.45) is 4.99 Å². The van der Waals surface area contributed by atoms with Gasteiger partial charge in [-0.05, 0) is 12.8 Å². The molecule has 122 valence electrons. The molecule has 2 nitrogen and oxygen atoms in total. The maximum atomic E-state index is 4.47. The average molecular weight is 323 g/mol. The van der Waals surface area contributed by atoms with Crippen LogP contribution in [0, 0.1) is 0 Å². The fraction of sp³-hybridized carbons (Fsp3) is 0.938. The third-order valence-electron chi connectivity index (χ3n) is 3.45. The molecule has 0 spiro atoms. The SMILES string of the molecule is CCCCCCCCCCN(C)C(S)=NCCCC.Cl. The molecule has 0 N–H and O–H groups in total. The smallest absolute Gasteiger partial charge is 0.155 e. The molecule has 0 saturated carbocycles. The Hall–Kier alpha value is 0.110. The molecule has 0 aromatic rings. The van der Waals surface area contributed by atoms with Gasteiger partial charge in [0.25, 0.3) is 0 Å². The third kappa shape index (κ3) is 14.5. The molecule has 0 heterocycles. The summed E-state index contributed by atoms with van der Waals surface area (Å²) in [6.45, 7) is 6.46. The molecule has 0 radical (unpaired) electrons. The van der Waals surface area contributed by atoms with E-state index in [4.69, 9.17) is 0 Å². The summed E-state index contributed by atoms with van der Waals surface area (Å²) in [4.78, 5) is 6.65. The Balaban J connectivity index is 0. The lowest BCUT2D eigenvalue weighted by Crippen LogP contribution is -2.24. The first kappa shape index (κ1) is 22.4. The molecule has 0 saturated heterocycles. The number of thiol groups is 1. The Labute approximate surface area is 138 Å². The highest BCUT2D eigenvalue weighted by Crippen LogP contribution is 2.09. The molecule has 4 heteroatoms. The van der Waals surface area contributed by atoms with Crippen LogP contribution >= 0.6 is 25.0 Å². The van der Waals surface area contributed by atoms with Crippen molar-refractivity contribution >= 4 is 30.2 Å². The van der Waals surface area contributed by atoms with Gasteiger partial charge in [-0.1, -0.05) is 65.2 Å². The molecule has 0 aromatic carbocycles. The van der Waals surface area contributed by atoms with Crippen LogP contribution in [-0.2, 0) is 0 Å². The zero-order valence-electron chi connectivity index (χ0n) is 13.7. The van der Waals surface area contributed by atoms with Crippen molar-refractivity contribution < 1.29 is 0 Å². The van der Waals surface area contributed by atoms with E-state index in [1.54, 1.807) is 0 Å². The minimum atomic E-state index is 0. The van der Waals surface area contributed by atoms with Crippen LogP contribution in [0.25, 0.3) is 0 Å².